The number of carboxylic acids is 1. The number of aliphatic carboxylic acids is 1. The normalized spacial score (nSPS) is 11.9. The number of carbonyl (C=O) groups is 2. The second-order valence-electron chi connectivity index (χ2n) is 4.00. The van der Waals surface area contributed by atoms with Crippen molar-refractivity contribution in [1.29, 1.82) is 0 Å². The molecule has 0 aliphatic carbocycles. The zero-order chi connectivity index (χ0) is 13.7. The van der Waals surface area contributed by atoms with E-state index in [0.29, 0.717) is 5.56 Å². The molecule has 0 fully saturated rings. The summed E-state index contributed by atoms with van der Waals surface area (Å²) in [5.41, 5.74) is 6.45. The molecular weight excluding hydrogens is 236 g/mol. The maximum atomic E-state index is 11.6. The first-order chi connectivity index (χ1) is 8.41. The first-order valence-corrected chi connectivity index (χ1v) is 5.48. The molecule has 1 amide bonds. The van der Waals surface area contributed by atoms with E-state index in [-0.39, 0.29) is 24.3 Å². The predicted octanol–water partition coefficient (Wildman–Crippen LogP) is 0.831. The van der Waals surface area contributed by atoms with E-state index in [1.807, 2.05) is 0 Å². The fourth-order valence-electron chi connectivity index (χ4n) is 1.40. The van der Waals surface area contributed by atoms with E-state index >= 15 is 0 Å². The smallest absolute Gasteiger partial charge is 0.303 e. The quantitative estimate of drug-likeness (QED) is 0.580. The minimum atomic E-state index is -1.00. The minimum Gasteiger partial charge on any atom is -0.505 e. The summed E-state index contributed by atoms with van der Waals surface area (Å²) in [6, 6.07) is 4.02. The largest absolute Gasteiger partial charge is 0.505 e. The van der Waals surface area contributed by atoms with Crippen LogP contribution >= 0.6 is 0 Å². The van der Waals surface area contributed by atoms with Gasteiger partial charge in [0.15, 0.2) is 0 Å². The lowest BCUT2D eigenvalue weighted by Crippen LogP contribution is -2.36. The van der Waals surface area contributed by atoms with Gasteiger partial charge < -0.3 is 21.3 Å². The van der Waals surface area contributed by atoms with Crippen molar-refractivity contribution in [1.82, 2.24) is 0 Å². The van der Waals surface area contributed by atoms with Crippen LogP contribution < -0.4 is 11.1 Å². The Morgan fingerprint density at radius 3 is 2.72 bits per heavy atom. The lowest BCUT2D eigenvalue weighted by Gasteiger charge is -2.13. The number of hydrogen-bond donors (Lipinski definition) is 4. The second-order valence-corrected chi connectivity index (χ2v) is 4.00. The van der Waals surface area contributed by atoms with Gasteiger partial charge in [0.05, 0.1) is 11.7 Å². The molecule has 6 heteroatoms. The Kier molecular flexibility index (Phi) is 4.67. The lowest BCUT2D eigenvalue weighted by atomic mass is 10.1. The van der Waals surface area contributed by atoms with E-state index in [4.69, 9.17) is 10.8 Å². The van der Waals surface area contributed by atoms with Crippen LogP contribution in [0.5, 0.6) is 5.75 Å². The maximum absolute atomic E-state index is 11.6. The van der Waals surface area contributed by atoms with Crippen molar-refractivity contribution in [2.75, 3.05) is 5.32 Å². The third-order valence-corrected chi connectivity index (χ3v) is 2.50. The SMILES string of the molecule is Cc1cccc(NC(=O)C(N)CCC(=O)O)c1O. The first kappa shape index (κ1) is 14.0. The van der Waals surface area contributed by atoms with Crippen molar-refractivity contribution in [2.24, 2.45) is 5.73 Å². The number of nitrogens with one attached hydrogen (secondary N) is 1. The second kappa shape index (κ2) is 6.02. The van der Waals surface area contributed by atoms with Gasteiger partial charge in [-0.2, -0.15) is 0 Å². The van der Waals surface area contributed by atoms with Gasteiger partial charge in [0.2, 0.25) is 5.91 Å². The zero-order valence-corrected chi connectivity index (χ0v) is 10.0. The summed E-state index contributed by atoms with van der Waals surface area (Å²) < 4.78 is 0. The molecule has 1 unspecified atom stereocenters. The number of benzene rings is 1. The Labute approximate surface area is 104 Å². The van der Waals surface area contributed by atoms with Crippen LogP contribution in [0, 0.1) is 6.92 Å². The molecule has 1 rings (SSSR count). The van der Waals surface area contributed by atoms with Gasteiger partial charge in [-0.25, -0.2) is 0 Å². The molecule has 1 aromatic rings. The van der Waals surface area contributed by atoms with E-state index in [9.17, 15) is 14.7 Å². The van der Waals surface area contributed by atoms with Crippen molar-refractivity contribution in [3.8, 4) is 5.75 Å². The van der Waals surface area contributed by atoms with E-state index in [2.05, 4.69) is 5.32 Å². The number of rotatable bonds is 5. The molecule has 0 spiro atoms. The number of carbonyl (C=O) groups excluding carboxylic acids is 1. The van der Waals surface area contributed by atoms with Crippen LogP contribution in [0.2, 0.25) is 0 Å². The monoisotopic (exact) mass is 252 g/mol. The van der Waals surface area contributed by atoms with Gasteiger partial charge in [-0.3, -0.25) is 9.59 Å². The Bertz CT molecular complexity index is 459. The molecule has 5 N–H and O–H groups in total. The Hall–Kier alpha value is -2.08. The average molecular weight is 252 g/mol. The molecule has 1 atom stereocenters. The van der Waals surface area contributed by atoms with Crippen LogP contribution in [0.1, 0.15) is 18.4 Å². The van der Waals surface area contributed by atoms with Gasteiger partial charge in [-0.05, 0) is 25.0 Å². The van der Waals surface area contributed by atoms with Crippen molar-refractivity contribution in [3.05, 3.63) is 23.8 Å². The van der Waals surface area contributed by atoms with Crippen LogP contribution in [0.3, 0.4) is 0 Å². The molecule has 0 saturated carbocycles. The Morgan fingerprint density at radius 2 is 2.11 bits per heavy atom. The number of amides is 1. The first-order valence-electron chi connectivity index (χ1n) is 5.48. The zero-order valence-electron chi connectivity index (χ0n) is 10.0. The standard InChI is InChI=1S/C12H16N2O4/c1-7-3-2-4-9(11(7)17)14-12(18)8(13)5-6-10(15)16/h2-4,8,17H,5-6,13H2,1H3,(H,14,18)(H,15,16). The number of phenolic OH excluding ortho intramolecular Hbond substituents is 1. The highest BCUT2D eigenvalue weighted by Crippen LogP contribution is 2.26. The van der Waals surface area contributed by atoms with E-state index in [1.54, 1.807) is 25.1 Å². The number of aromatic hydroxyl groups is 1. The minimum absolute atomic E-state index is 0.0173. The highest BCUT2D eigenvalue weighted by Gasteiger charge is 2.16. The number of para-hydroxylation sites is 1. The average Bonchev–Trinajstić information content (AvgIpc) is 2.31. The molecule has 0 radical (unpaired) electrons. The molecule has 0 aliphatic rings. The van der Waals surface area contributed by atoms with Crippen molar-refractivity contribution in [3.63, 3.8) is 0 Å². The number of aryl methyl sites for hydroxylation is 1. The molecule has 18 heavy (non-hydrogen) atoms. The van der Waals surface area contributed by atoms with Gasteiger partial charge in [-0.1, -0.05) is 12.1 Å². The van der Waals surface area contributed by atoms with Crippen LogP contribution in [0.4, 0.5) is 5.69 Å². The van der Waals surface area contributed by atoms with Gasteiger partial charge in [-0.15, -0.1) is 0 Å². The van der Waals surface area contributed by atoms with E-state index in [1.165, 1.54) is 0 Å². The predicted molar refractivity (Wildman–Crippen MR) is 66.3 cm³/mol. The fourth-order valence-corrected chi connectivity index (χ4v) is 1.40. The summed E-state index contributed by atoms with van der Waals surface area (Å²) in [4.78, 5) is 22.0. The van der Waals surface area contributed by atoms with Gasteiger partial charge in [0.1, 0.15) is 5.75 Å². The molecule has 0 heterocycles. The van der Waals surface area contributed by atoms with Crippen LogP contribution in [0.15, 0.2) is 18.2 Å². The lowest BCUT2D eigenvalue weighted by molar-refractivity contribution is -0.137. The number of anilines is 1. The van der Waals surface area contributed by atoms with Gasteiger partial charge in [0.25, 0.3) is 0 Å². The molecule has 0 bridgehead atoms. The maximum Gasteiger partial charge on any atom is 0.303 e. The van der Waals surface area contributed by atoms with Gasteiger partial charge >= 0.3 is 5.97 Å². The van der Waals surface area contributed by atoms with Crippen LogP contribution in [-0.4, -0.2) is 28.1 Å². The van der Waals surface area contributed by atoms with Crippen LogP contribution in [0.25, 0.3) is 0 Å². The summed E-state index contributed by atoms with van der Waals surface area (Å²) in [6.45, 7) is 1.70. The number of nitrogens with two attached hydrogens (primary N) is 1. The highest BCUT2D eigenvalue weighted by molar-refractivity contribution is 5.96. The number of hydrogen-bond acceptors (Lipinski definition) is 4. The third kappa shape index (κ3) is 3.74. The van der Waals surface area contributed by atoms with Crippen molar-refractivity contribution < 1.29 is 19.8 Å². The summed E-state index contributed by atoms with van der Waals surface area (Å²) >= 11 is 0. The van der Waals surface area contributed by atoms with Crippen LogP contribution in [-0.2, 0) is 9.59 Å². The summed E-state index contributed by atoms with van der Waals surface area (Å²) in [7, 11) is 0. The molecule has 6 nitrogen and oxygen atoms in total. The molecule has 98 valence electrons. The Morgan fingerprint density at radius 1 is 1.44 bits per heavy atom. The van der Waals surface area contributed by atoms with Crippen molar-refractivity contribution >= 4 is 17.6 Å². The Balaban J connectivity index is 2.64. The van der Waals surface area contributed by atoms with Gasteiger partial charge in [0, 0.05) is 6.42 Å². The number of phenols is 1. The highest BCUT2D eigenvalue weighted by atomic mass is 16.4. The summed E-state index contributed by atoms with van der Waals surface area (Å²) in [5.74, 6) is -1.54. The summed E-state index contributed by atoms with van der Waals surface area (Å²) in [6.07, 6.45) is -0.123. The summed E-state index contributed by atoms with van der Waals surface area (Å²) in [5, 5.41) is 20.7. The topological polar surface area (TPSA) is 113 Å². The molecule has 0 aromatic heterocycles. The third-order valence-electron chi connectivity index (χ3n) is 2.50. The van der Waals surface area contributed by atoms with E-state index < -0.39 is 17.9 Å². The van der Waals surface area contributed by atoms with E-state index in [0.717, 1.165) is 0 Å². The fraction of sp³-hybridized carbons (Fsp3) is 0.333. The molecule has 0 aliphatic heterocycles. The molecular formula is C12H16N2O4. The molecule has 1 aromatic carbocycles. The van der Waals surface area contributed by atoms with Crippen molar-refractivity contribution in [2.45, 2.75) is 25.8 Å². The molecule has 0 saturated heterocycles. The number of carboxylic acid groups (broad SMARTS) is 1.